The predicted octanol–water partition coefficient (Wildman–Crippen LogP) is -2.52. The summed E-state index contributed by atoms with van der Waals surface area (Å²) in [5, 5.41) is 28.8. The molecule has 2 aromatic rings. The first-order chi connectivity index (χ1) is 37.5. The first kappa shape index (κ1) is 62.7. The minimum atomic E-state index is -1.80. The monoisotopic (exact) mass is 1140 g/mol. The lowest BCUT2D eigenvalue weighted by atomic mass is 9.82. The van der Waals surface area contributed by atoms with Crippen molar-refractivity contribution in [2.75, 3.05) is 25.4 Å². The molecule has 29 heteroatoms. The molecule has 1 aromatic heterocycles. The Hall–Kier alpha value is -7.14. The fraction of sp³-hybridized carbons (Fsp3) is 0.600. The van der Waals surface area contributed by atoms with Crippen molar-refractivity contribution in [1.82, 2.24) is 47.1 Å². The SMILES string of the molecule is CC[C@H](C)[C@@H]1NC(=O)[C@@H](Cc2cc3ccccc3[nH]2)NC(=O)[C@@H](N)C2(CCCCC2)SSC[C@@H](C(=O)N2CCC[C@H]2C(=O)N[C@H](CCCN=C(N)N)C(=O)NCC(N)=O)NC(=O)[C@H](CC(N)=O)NC(=O)[C@@H](CCC(=O)O)NC1=O. The molecule has 0 bridgehead atoms. The number of nitrogens with two attached hydrogens (primary N) is 5. The number of carboxylic acids is 1. The molecule has 1 spiro atoms. The molecule has 434 valence electrons. The van der Waals surface area contributed by atoms with Gasteiger partial charge in [-0.15, -0.1) is 0 Å². The highest BCUT2D eigenvalue weighted by Gasteiger charge is 2.46. The Morgan fingerprint density at radius 3 is 2.18 bits per heavy atom. The molecule has 0 radical (unpaired) electrons. The van der Waals surface area contributed by atoms with Gasteiger partial charge in [-0.05, 0) is 68.4 Å². The van der Waals surface area contributed by atoms with Crippen LogP contribution in [0.4, 0.5) is 0 Å². The number of fused-ring (bicyclic) bond motifs is 1. The Kier molecular flexibility index (Phi) is 23.6. The van der Waals surface area contributed by atoms with E-state index in [0.717, 1.165) is 28.1 Å². The third kappa shape index (κ3) is 18.2. The molecule has 1 aromatic carbocycles. The summed E-state index contributed by atoms with van der Waals surface area (Å²) < 4.78 is -0.998. The molecule has 0 unspecified atom stereocenters. The normalized spacial score (nSPS) is 24.3. The molecule has 2 saturated heterocycles. The van der Waals surface area contributed by atoms with Crippen LogP contribution >= 0.6 is 21.6 Å². The molecular weight excluding hydrogens is 1070 g/mol. The smallest absolute Gasteiger partial charge is 0.303 e. The lowest BCUT2D eigenvalue weighted by Crippen LogP contribution is -2.62. The van der Waals surface area contributed by atoms with Gasteiger partial charge in [0.05, 0.1) is 23.8 Å². The van der Waals surface area contributed by atoms with E-state index in [1.54, 1.807) is 13.8 Å². The Labute approximate surface area is 464 Å². The number of aliphatic carboxylic acids is 1. The Balaban J connectivity index is 1.54. The summed E-state index contributed by atoms with van der Waals surface area (Å²) in [7, 11) is 2.32. The van der Waals surface area contributed by atoms with E-state index >= 15 is 0 Å². The van der Waals surface area contributed by atoms with E-state index in [4.69, 9.17) is 28.7 Å². The summed E-state index contributed by atoms with van der Waals surface area (Å²) in [6, 6.07) is -2.12. The molecule has 1 saturated carbocycles. The highest BCUT2D eigenvalue weighted by molar-refractivity contribution is 8.77. The van der Waals surface area contributed by atoms with Crippen LogP contribution in [0.5, 0.6) is 0 Å². The quantitative estimate of drug-likeness (QED) is 0.0299. The van der Waals surface area contributed by atoms with Gasteiger partial charge in [0.2, 0.25) is 59.1 Å². The van der Waals surface area contributed by atoms with Crippen LogP contribution in [0.25, 0.3) is 10.9 Å². The van der Waals surface area contributed by atoms with Crippen LogP contribution in [0.3, 0.4) is 0 Å². The van der Waals surface area contributed by atoms with Gasteiger partial charge in [0.25, 0.3) is 0 Å². The number of benzene rings is 1. The van der Waals surface area contributed by atoms with Crippen molar-refractivity contribution >= 4 is 103 Å². The number of carboxylic acid groups (broad SMARTS) is 1. The maximum absolute atomic E-state index is 15.0. The summed E-state index contributed by atoms with van der Waals surface area (Å²) in [6.45, 7) is 3.00. The first-order valence-corrected chi connectivity index (χ1v) is 28.7. The summed E-state index contributed by atoms with van der Waals surface area (Å²) in [4.78, 5) is 159. The number of rotatable bonds is 19. The molecule has 79 heavy (non-hydrogen) atoms. The zero-order valence-electron chi connectivity index (χ0n) is 44.3. The average molecular weight is 1140 g/mol. The largest absolute Gasteiger partial charge is 0.481 e. The van der Waals surface area contributed by atoms with Crippen LogP contribution in [0.15, 0.2) is 35.3 Å². The number of amides is 10. The van der Waals surface area contributed by atoms with Crippen molar-refractivity contribution in [1.29, 1.82) is 0 Å². The zero-order chi connectivity index (χ0) is 58.0. The van der Waals surface area contributed by atoms with Crippen molar-refractivity contribution in [3.63, 3.8) is 0 Å². The molecular formula is C50H75N15O12S2. The summed E-state index contributed by atoms with van der Waals surface area (Å²) in [5.41, 5.74) is 30.1. The van der Waals surface area contributed by atoms with Crippen molar-refractivity contribution in [3.05, 3.63) is 36.0 Å². The molecule has 1 aliphatic carbocycles. The standard InChI is InChI=1S/C50H75N15O12S2/c1-3-26(2)39-46(75)60-31(15-16-38(68)69)42(71)61-33(23-36(51)66)43(72)63-34(48(77)65-20-10-14-35(65)45(74)59-30(13-9-19-56-49(54)55)41(70)57-24-37(52)67)25-78-79-50(17-7-4-8-18-50)40(53)47(76)62-32(44(73)64-39)22-28-21-27-11-5-6-12-29(27)58-28/h5-6,11-12,21,26,30-35,39-40,58H,3-4,7-10,13-20,22-25,53H2,1-2H3,(H2,51,66)(H2,52,67)(H,57,70)(H,59,74)(H,60,75)(H,61,71)(H,62,76)(H,63,72)(H,64,73)(H,68,69)(H4,54,55,56)/t26-,30+,31+,32+,33-,34-,35-,39-,40+/m0/s1. The maximum Gasteiger partial charge on any atom is 0.303 e. The fourth-order valence-electron chi connectivity index (χ4n) is 9.71. The van der Waals surface area contributed by atoms with Crippen LogP contribution in [-0.4, -0.2) is 164 Å². The van der Waals surface area contributed by atoms with Crippen LogP contribution in [-0.2, 0) is 59.2 Å². The van der Waals surface area contributed by atoms with E-state index in [2.05, 4.69) is 47.2 Å². The van der Waals surface area contributed by atoms with Gasteiger partial charge in [0, 0.05) is 42.9 Å². The van der Waals surface area contributed by atoms with Gasteiger partial charge in [-0.25, -0.2) is 0 Å². The van der Waals surface area contributed by atoms with Crippen LogP contribution in [0, 0.1) is 5.92 Å². The number of hydrogen-bond acceptors (Lipinski definition) is 15. The van der Waals surface area contributed by atoms with Crippen molar-refractivity contribution < 1.29 is 57.8 Å². The number of nitrogens with zero attached hydrogens (tertiary/aromatic N) is 2. The van der Waals surface area contributed by atoms with E-state index in [-0.39, 0.29) is 50.5 Å². The molecule has 10 amide bonds. The number of carbonyl (C=O) groups excluding carboxylic acids is 10. The van der Waals surface area contributed by atoms with Crippen LogP contribution in [0.2, 0.25) is 0 Å². The number of primary amides is 2. The molecule has 3 fully saturated rings. The van der Waals surface area contributed by atoms with E-state index in [0.29, 0.717) is 44.2 Å². The first-order valence-electron chi connectivity index (χ1n) is 26.4. The van der Waals surface area contributed by atoms with Crippen molar-refractivity contribution in [2.24, 2.45) is 39.6 Å². The third-order valence-electron chi connectivity index (χ3n) is 14.2. The number of para-hydroxylation sites is 1. The van der Waals surface area contributed by atoms with Gasteiger partial charge >= 0.3 is 5.97 Å². The second-order valence-electron chi connectivity index (χ2n) is 20.2. The maximum atomic E-state index is 15.0. The number of nitrogens with one attached hydrogen (secondary N) is 8. The van der Waals surface area contributed by atoms with E-state index in [1.165, 1.54) is 15.7 Å². The van der Waals surface area contributed by atoms with Gasteiger partial charge < -0.3 is 80.9 Å². The summed E-state index contributed by atoms with van der Waals surface area (Å²) >= 11 is 0. The topological polar surface area (TPSA) is 454 Å². The van der Waals surface area contributed by atoms with E-state index < -0.39 is 150 Å². The molecule has 2 aliphatic heterocycles. The Bertz CT molecular complexity index is 2560. The Morgan fingerprint density at radius 2 is 1.52 bits per heavy atom. The third-order valence-corrected chi connectivity index (χ3v) is 17.6. The molecule has 19 N–H and O–H groups in total. The number of H-pyrrole nitrogens is 1. The minimum absolute atomic E-state index is 0.00638. The molecule has 5 rings (SSSR count). The predicted molar refractivity (Wildman–Crippen MR) is 294 cm³/mol. The number of aromatic nitrogens is 1. The van der Waals surface area contributed by atoms with Crippen LogP contribution in [0.1, 0.15) is 103 Å². The van der Waals surface area contributed by atoms with Crippen LogP contribution < -0.4 is 65.9 Å². The molecule has 27 nitrogen and oxygen atoms in total. The number of likely N-dealkylation sites (tertiary alicyclic amines) is 1. The van der Waals surface area contributed by atoms with Gasteiger partial charge in [-0.2, -0.15) is 0 Å². The van der Waals surface area contributed by atoms with Crippen molar-refractivity contribution in [3.8, 4) is 0 Å². The number of aliphatic imine (C=N–C) groups is 1. The lowest BCUT2D eigenvalue weighted by Gasteiger charge is -2.40. The molecule has 3 aliphatic rings. The zero-order valence-corrected chi connectivity index (χ0v) is 46.0. The number of hydrogen-bond donors (Lipinski definition) is 14. The summed E-state index contributed by atoms with van der Waals surface area (Å²) in [5.74, 6) is -11.1. The van der Waals surface area contributed by atoms with Crippen molar-refractivity contribution in [2.45, 2.75) is 157 Å². The van der Waals surface area contributed by atoms with E-state index in [1.807, 2.05) is 30.3 Å². The highest BCUT2D eigenvalue weighted by atomic mass is 33.1. The minimum Gasteiger partial charge on any atom is -0.481 e. The second kappa shape index (κ2) is 29.7. The molecule has 9 atom stereocenters. The summed E-state index contributed by atoms with van der Waals surface area (Å²) in [6.07, 6.45) is 1.94. The lowest BCUT2D eigenvalue weighted by molar-refractivity contribution is -0.142. The number of aromatic amines is 1. The van der Waals surface area contributed by atoms with Gasteiger partial charge in [-0.3, -0.25) is 57.7 Å². The number of guanidine groups is 1. The Morgan fingerprint density at radius 1 is 0.848 bits per heavy atom. The van der Waals surface area contributed by atoms with Gasteiger partial charge in [-0.1, -0.05) is 79.3 Å². The average Bonchev–Trinajstić information content (AvgIpc) is 4.20. The number of carbonyl (C=O) groups is 11. The van der Waals surface area contributed by atoms with Gasteiger partial charge in [0.1, 0.15) is 42.3 Å². The van der Waals surface area contributed by atoms with E-state index in [9.17, 15) is 57.8 Å². The van der Waals surface area contributed by atoms with Gasteiger partial charge in [0.15, 0.2) is 5.96 Å². The molecule has 3 heterocycles. The fourth-order valence-corrected chi connectivity index (χ4v) is 13.2. The highest BCUT2D eigenvalue weighted by Crippen LogP contribution is 2.48. The second-order valence-corrected chi connectivity index (χ2v) is 22.9.